The van der Waals surface area contributed by atoms with E-state index in [0.29, 0.717) is 62.5 Å². The maximum atomic E-state index is 13.2. The minimum Gasteiger partial charge on any atom is -0.480 e. The van der Waals surface area contributed by atoms with E-state index in [1.165, 1.54) is 6.92 Å². The second-order valence-electron chi connectivity index (χ2n) is 12.7. The number of nitrogens with one attached hydrogen (secondary N) is 6. The number of carbonyl (C=O) groups is 6. The lowest BCUT2D eigenvalue weighted by Crippen LogP contribution is -2.51. The topological polar surface area (TPSA) is 305 Å². The number of aryl methyl sites for hydroxylation is 2. The van der Waals surface area contributed by atoms with Crippen LogP contribution in [0.5, 0.6) is 0 Å². The number of aliphatic hydroxyl groups excluding tert-OH is 1. The van der Waals surface area contributed by atoms with Gasteiger partial charge in [0.15, 0.2) is 5.78 Å². The number of fused-ring (bicyclic) bond motifs is 1. The van der Waals surface area contributed by atoms with Crippen LogP contribution in [0.1, 0.15) is 79.8 Å². The first-order valence-electron chi connectivity index (χ1n) is 17.5. The molecule has 0 aliphatic rings. The van der Waals surface area contributed by atoms with Gasteiger partial charge in [-0.3, -0.25) is 33.8 Å². The Bertz CT molecular complexity index is 1790. The zero-order valence-electron chi connectivity index (χ0n) is 29.7. The van der Waals surface area contributed by atoms with Gasteiger partial charge in [-0.05, 0) is 94.5 Å². The summed E-state index contributed by atoms with van der Waals surface area (Å²) in [6, 6.07) is 3.27. The molecule has 4 amide bonds. The summed E-state index contributed by atoms with van der Waals surface area (Å²) in [5.41, 5.74) is 13.0. The normalized spacial score (nSPS) is 12.7. The number of rotatable bonds is 23. The van der Waals surface area contributed by atoms with Crippen molar-refractivity contribution in [1.29, 1.82) is 0 Å². The Morgan fingerprint density at radius 1 is 0.868 bits per heavy atom. The molecule has 0 aliphatic heterocycles. The number of H-pyrrole nitrogens is 2. The summed E-state index contributed by atoms with van der Waals surface area (Å²) in [6.45, 7) is 1.36. The monoisotopic (exact) mass is 739 g/mol. The number of carboxylic acids is 1. The molecule has 0 fully saturated rings. The fourth-order valence-electron chi connectivity index (χ4n) is 5.63. The van der Waals surface area contributed by atoms with Crippen LogP contribution in [0.15, 0.2) is 35.3 Å². The van der Waals surface area contributed by atoms with Crippen molar-refractivity contribution in [3.05, 3.63) is 57.5 Å². The van der Waals surface area contributed by atoms with Gasteiger partial charge in [-0.1, -0.05) is 12.1 Å². The molecular weight excluding hydrogens is 690 g/mol. The van der Waals surface area contributed by atoms with Crippen molar-refractivity contribution in [2.75, 3.05) is 25.4 Å². The molecule has 0 saturated heterocycles. The van der Waals surface area contributed by atoms with E-state index in [2.05, 4.69) is 36.2 Å². The van der Waals surface area contributed by atoms with Crippen LogP contribution < -0.4 is 38.3 Å². The zero-order valence-corrected chi connectivity index (χ0v) is 29.7. The van der Waals surface area contributed by atoms with Gasteiger partial charge in [0.05, 0.1) is 11.4 Å². The molecular formula is C35H49N9O9. The second kappa shape index (κ2) is 21.0. The molecule has 288 valence electrons. The molecule has 2 aromatic heterocycles. The number of ketones is 1. The van der Waals surface area contributed by atoms with Gasteiger partial charge in [-0.2, -0.15) is 4.98 Å². The molecule has 2 heterocycles. The van der Waals surface area contributed by atoms with Crippen LogP contribution in [0.4, 0.5) is 5.95 Å². The largest absolute Gasteiger partial charge is 0.480 e. The first-order chi connectivity index (χ1) is 25.3. The smallest absolute Gasteiger partial charge is 0.326 e. The van der Waals surface area contributed by atoms with E-state index in [1.54, 1.807) is 30.5 Å². The molecule has 3 atom stereocenters. The molecule has 12 N–H and O–H groups in total. The highest BCUT2D eigenvalue weighted by molar-refractivity contribution is 5.97. The van der Waals surface area contributed by atoms with Gasteiger partial charge in [0.1, 0.15) is 24.3 Å². The SMILES string of the molecule is CC(=O)[C@H](CCCCN)NC(=O)[C@H](CCCCNC(=O)CO)NC(=O)CC[C@H](NC(=O)c1ccc(CCc2c[nH]c3nc(N)[nH]c(=O)c23)cc1)C(=O)O. The van der Waals surface area contributed by atoms with E-state index in [1.807, 2.05) is 0 Å². The van der Waals surface area contributed by atoms with Gasteiger partial charge >= 0.3 is 5.97 Å². The number of unbranched alkanes of at least 4 members (excludes halogenated alkanes) is 2. The maximum Gasteiger partial charge on any atom is 0.326 e. The van der Waals surface area contributed by atoms with Crippen molar-refractivity contribution in [3.63, 3.8) is 0 Å². The van der Waals surface area contributed by atoms with Gasteiger partial charge in [-0.25, -0.2) is 4.79 Å². The maximum absolute atomic E-state index is 13.2. The molecule has 0 unspecified atom stereocenters. The molecule has 0 radical (unpaired) electrons. The molecule has 0 saturated carbocycles. The molecule has 1 aromatic carbocycles. The standard InChI is InChI=1S/C35H49N9O9/c1-20(46)24(6-2-4-16-36)41-32(50)25(7-3-5-17-38-28(48)19-45)40-27(47)15-14-26(34(52)53)42-31(49)22-11-8-21(9-12-22)10-13-23-18-39-30-29(23)33(51)44-35(37)43-30/h8-9,11-12,18,24-26,45H,2-7,10,13-17,19,36H2,1H3,(H,38,48)(H,40,47)(H,41,50)(H,42,49)(H,52,53)(H4,37,39,43,44,51)/t24-,25-,26-/m0/s1. The first-order valence-corrected chi connectivity index (χ1v) is 17.5. The van der Waals surface area contributed by atoms with Crippen molar-refractivity contribution in [3.8, 4) is 0 Å². The second-order valence-corrected chi connectivity index (χ2v) is 12.7. The lowest BCUT2D eigenvalue weighted by molar-refractivity contribution is -0.139. The van der Waals surface area contributed by atoms with E-state index < -0.39 is 54.3 Å². The fourth-order valence-corrected chi connectivity index (χ4v) is 5.63. The van der Waals surface area contributed by atoms with Crippen LogP contribution in [0.3, 0.4) is 0 Å². The van der Waals surface area contributed by atoms with Crippen LogP contribution in [0.25, 0.3) is 11.0 Å². The minimum absolute atomic E-state index is 0.00799. The van der Waals surface area contributed by atoms with Gasteiger partial charge in [0, 0.05) is 24.7 Å². The molecule has 3 aromatic rings. The third kappa shape index (κ3) is 13.5. The third-order valence-corrected chi connectivity index (χ3v) is 8.60. The Morgan fingerprint density at radius 2 is 1.57 bits per heavy atom. The molecule has 18 heteroatoms. The van der Waals surface area contributed by atoms with Crippen LogP contribution in [0, 0.1) is 0 Å². The number of aliphatic carboxylic acids is 1. The Morgan fingerprint density at radius 3 is 2.23 bits per heavy atom. The van der Waals surface area contributed by atoms with Crippen molar-refractivity contribution < 1.29 is 39.0 Å². The Balaban J connectivity index is 1.57. The highest BCUT2D eigenvalue weighted by Gasteiger charge is 2.27. The highest BCUT2D eigenvalue weighted by Crippen LogP contribution is 2.16. The first kappa shape index (κ1) is 41.8. The number of carbonyl (C=O) groups excluding carboxylic acids is 5. The van der Waals surface area contributed by atoms with Crippen molar-refractivity contribution in [2.45, 2.75) is 89.3 Å². The van der Waals surface area contributed by atoms with Gasteiger partial charge in [-0.15, -0.1) is 0 Å². The number of nitrogens with zero attached hydrogens (tertiary/aromatic N) is 1. The van der Waals surface area contributed by atoms with Crippen molar-refractivity contribution in [1.82, 2.24) is 36.2 Å². The summed E-state index contributed by atoms with van der Waals surface area (Å²) in [5.74, 6) is -4.03. The van der Waals surface area contributed by atoms with E-state index in [9.17, 15) is 38.7 Å². The predicted molar refractivity (Wildman–Crippen MR) is 194 cm³/mol. The number of anilines is 1. The van der Waals surface area contributed by atoms with E-state index in [-0.39, 0.29) is 48.7 Å². The zero-order chi connectivity index (χ0) is 38.9. The molecule has 3 rings (SSSR count). The van der Waals surface area contributed by atoms with Crippen molar-refractivity contribution in [2.24, 2.45) is 5.73 Å². The number of hydrogen-bond acceptors (Lipinski definition) is 11. The molecule has 0 bridgehead atoms. The van der Waals surface area contributed by atoms with Crippen LogP contribution in [-0.2, 0) is 36.8 Å². The average Bonchev–Trinajstić information content (AvgIpc) is 3.54. The van der Waals surface area contributed by atoms with E-state index in [4.69, 9.17) is 16.6 Å². The number of aromatic amines is 2. The molecule has 0 aliphatic carbocycles. The molecule has 53 heavy (non-hydrogen) atoms. The fraction of sp³-hybridized carbons (Fsp3) is 0.486. The highest BCUT2D eigenvalue weighted by atomic mass is 16.4. The number of nitrogens with two attached hydrogens (primary N) is 2. The lowest BCUT2D eigenvalue weighted by atomic mass is 10.0. The summed E-state index contributed by atoms with van der Waals surface area (Å²) in [5, 5.41) is 29.3. The van der Waals surface area contributed by atoms with Crippen LogP contribution in [0.2, 0.25) is 0 Å². The summed E-state index contributed by atoms with van der Waals surface area (Å²) in [6.07, 6.45) is 4.75. The average molecular weight is 740 g/mol. The molecule has 18 nitrogen and oxygen atoms in total. The van der Waals surface area contributed by atoms with Gasteiger partial charge < -0.3 is 47.9 Å². The summed E-state index contributed by atoms with van der Waals surface area (Å²) < 4.78 is 0. The summed E-state index contributed by atoms with van der Waals surface area (Å²) in [7, 11) is 0. The minimum atomic E-state index is -1.41. The number of Topliss-reactive ketones (excluding diaryl/α,β-unsaturated/α-hetero) is 1. The molecule has 0 spiro atoms. The number of amides is 4. The van der Waals surface area contributed by atoms with E-state index in [0.717, 1.165) is 11.1 Å². The lowest BCUT2D eigenvalue weighted by Gasteiger charge is -2.23. The number of aromatic nitrogens is 3. The third-order valence-electron chi connectivity index (χ3n) is 8.60. The number of aliphatic hydroxyl groups is 1. The number of nitrogen functional groups attached to an aromatic ring is 1. The van der Waals surface area contributed by atoms with E-state index >= 15 is 0 Å². The van der Waals surface area contributed by atoms with Crippen LogP contribution in [-0.4, -0.2) is 98.4 Å². The number of benzene rings is 1. The van der Waals surface area contributed by atoms with Gasteiger partial charge in [0.25, 0.3) is 11.5 Å². The van der Waals surface area contributed by atoms with Crippen molar-refractivity contribution >= 4 is 52.4 Å². The van der Waals surface area contributed by atoms with Gasteiger partial charge in [0.2, 0.25) is 23.7 Å². The quantitative estimate of drug-likeness (QED) is 0.0553. The van der Waals surface area contributed by atoms with Crippen LogP contribution >= 0.6 is 0 Å². The Labute approximate surface area is 305 Å². The predicted octanol–water partition coefficient (Wildman–Crippen LogP) is -0.452. The Hall–Kier alpha value is -5.62. The number of carboxylic acid groups (broad SMARTS) is 1. The number of hydrogen-bond donors (Lipinski definition) is 10. The Kier molecular flexibility index (Phi) is 16.6. The summed E-state index contributed by atoms with van der Waals surface area (Å²) >= 11 is 0. The summed E-state index contributed by atoms with van der Waals surface area (Å²) in [4.78, 5) is 96.5.